The second-order valence-corrected chi connectivity index (χ2v) is 10.9. The molecule has 0 radical (unpaired) electrons. The van der Waals surface area contributed by atoms with Crippen molar-refractivity contribution < 1.29 is 18.7 Å². The molecule has 0 aliphatic heterocycles. The molecule has 0 bridgehead atoms. The number of amides is 1. The van der Waals surface area contributed by atoms with E-state index in [4.69, 9.17) is 15.2 Å². The van der Waals surface area contributed by atoms with Crippen LogP contribution < -0.4 is 15.8 Å². The van der Waals surface area contributed by atoms with Gasteiger partial charge in [0, 0.05) is 35.3 Å². The normalized spacial score (nSPS) is 13.9. The monoisotopic (exact) mass is 582 g/mol. The summed E-state index contributed by atoms with van der Waals surface area (Å²) >= 11 is 0. The van der Waals surface area contributed by atoms with Gasteiger partial charge in [0.25, 0.3) is 0 Å². The lowest BCUT2D eigenvalue weighted by atomic mass is 9.92. The lowest BCUT2D eigenvalue weighted by Crippen LogP contribution is -2.18. The summed E-state index contributed by atoms with van der Waals surface area (Å²) in [7, 11) is 0. The fraction of sp³-hybridized carbons (Fsp3) is 0.303. The first-order valence-electron chi connectivity index (χ1n) is 14.7. The Morgan fingerprint density at radius 3 is 2.58 bits per heavy atom. The highest BCUT2D eigenvalue weighted by Gasteiger charge is 2.27. The van der Waals surface area contributed by atoms with E-state index in [0.29, 0.717) is 23.9 Å². The SMILES string of the molecule is C[C@@H](OC(=O)Nc1ccc(-c2c(N)c3ccc(OCCCCn4cncn4)cc3n2C2CCC2)cc1)c1ccc(F)cc1. The maximum absolute atomic E-state index is 13.2. The van der Waals surface area contributed by atoms with Crippen LogP contribution in [0.3, 0.4) is 0 Å². The zero-order valence-corrected chi connectivity index (χ0v) is 24.1. The summed E-state index contributed by atoms with van der Waals surface area (Å²) < 4.78 is 29.0. The van der Waals surface area contributed by atoms with Crippen molar-refractivity contribution in [2.24, 2.45) is 0 Å². The Balaban J connectivity index is 1.15. The van der Waals surface area contributed by atoms with E-state index in [9.17, 15) is 9.18 Å². The number of hydrogen-bond acceptors (Lipinski definition) is 6. The van der Waals surface area contributed by atoms with Crippen LogP contribution in [0.4, 0.5) is 20.6 Å². The molecule has 1 saturated carbocycles. The molecule has 0 spiro atoms. The van der Waals surface area contributed by atoms with Crippen molar-refractivity contribution >= 4 is 28.4 Å². The van der Waals surface area contributed by atoms with Gasteiger partial charge in [0.15, 0.2) is 0 Å². The van der Waals surface area contributed by atoms with E-state index in [2.05, 4.69) is 26.0 Å². The number of ether oxygens (including phenoxy) is 2. The first-order valence-corrected chi connectivity index (χ1v) is 14.7. The zero-order valence-electron chi connectivity index (χ0n) is 24.1. The topological polar surface area (TPSA) is 109 Å². The molecule has 10 heteroatoms. The molecule has 3 aromatic carbocycles. The summed E-state index contributed by atoms with van der Waals surface area (Å²) in [6.07, 6.45) is 7.41. The largest absolute Gasteiger partial charge is 0.494 e. The molecular formula is C33H35FN6O3. The average molecular weight is 583 g/mol. The van der Waals surface area contributed by atoms with Crippen LogP contribution in [0.15, 0.2) is 79.4 Å². The van der Waals surface area contributed by atoms with E-state index >= 15 is 0 Å². The molecule has 5 aromatic rings. The van der Waals surface area contributed by atoms with Gasteiger partial charge in [-0.05, 0) is 81.0 Å². The van der Waals surface area contributed by atoms with Crippen LogP contribution in [0.5, 0.6) is 5.75 Å². The van der Waals surface area contributed by atoms with Crippen molar-refractivity contribution in [2.75, 3.05) is 17.7 Å². The van der Waals surface area contributed by atoms with Gasteiger partial charge in [0.2, 0.25) is 0 Å². The molecule has 6 rings (SSSR count). The maximum Gasteiger partial charge on any atom is 0.412 e. The van der Waals surface area contributed by atoms with Gasteiger partial charge >= 0.3 is 6.09 Å². The molecule has 1 fully saturated rings. The number of nitrogens with one attached hydrogen (secondary N) is 1. The number of halogens is 1. The van der Waals surface area contributed by atoms with Crippen molar-refractivity contribution in [3.63, 3.8) is 0 Å². The van der Waals surface area contributed by atoms with Gasteiger partial charge in [-0.25, -0.2) is 14.2 Å². The van der Waals surface area contributed by atoms with Crippen molar-refractivity contribution in [1.29, 1.82) is 0 Å². The summed E-state index contributed by atoms with van der Waals surface area (Å²) in [5.74, 6) is 0.489. The van der Waals surface area contributed by atoms with Gasteiger partial charge < -0.3 is 19.8 Å². The Labute approximate surface area is 249 Å². The molecule has 1 amide bonds. The smallest absolute Gasteiger partial charge is 0.412 e. The number of anilines is 2. The van der Waals surface area contributed by atoms with E-state index in [1.54, 1.807) is 31.7 Å². The Bertz CT molecular complexity index is 1680. The molecule has 0 saturated heterocycles. The number of hydrogen-bond donors (Lipinski definition) is 2. The number of unbranched alkanes of at least 4 members (excludes halogenated alkanes) is 1. The van der Waals surface area contributed by atoms with Gasteiger partial charge in [0.05, 0.1) is 23.5 Å². The summed E-state index contributed by atoms with van der Waals surface area (Å²) in [4.78, 5) is 16.5. The number of fused-ring (bicyclic) bond motifs is 1. The van der Waals surface area contributed by atoms with Gasteiger partial charge in [0.1, 0.15) is 30.3 Å². The van der Waals surface area contributed by atoms with Crippen LogP contribution >= 0.6 is 0 Å². The Morgan fingerprint density at radius 1 is 1.09 bits per heavy atom. The van der Waals surface area contributed by atoms with Crippen LogP contribution in [-0.2, 0) is 11.3 Å². The third-order valence-electron chi connectivity index (χ3n) is 8.00. The van der Waals surface area contributed by atoms with Gasteiger partial charge in [-0.2, -0.15) is 5.10 Å². The second-order valence-electron chi connectivity index (χ2n) is 10.9. The summed E-state index contributed by atoms with van der Waals surface area (Å²) in [5.41, 5.74) is 11.8. The molecule has 222 valence electrons. The van der Waals surface area contributed by atoms with Gasteiger partial charge in [-0.3, -0.25) is 10.00 Å². The van der Waals surface area contributed by atoms with Crippen molar-refractivity contribution in [3.8, 4) is 17.0 Å². The molecule has 1 aliphatic rings. The lowest BCUT2D eigenvalue weighted by Gasteiger charge is -2.30. The summed E-state index contributed by atoms with van der Waals surface area (Å²) in [6.45, 7) is 3.18. The molecule has 3 N–H and O–H groups in total. The highest BCUT2D eigenvalue weighted by molar-refractivity contribution is 6.01. The molecule has 2 heterocycles. The minimum atomic E-state index is -0.585. The first kappa shape index (κ1) is 28.3. The van der Waals surface area contributed by atoms with E-state index in [1.165, 1.54) is 18.6 Å². The summed E-state index contributed by atoms with van der Waals surface area (Å²) in [6, 6.07) is 20.0. The Hall–Kier alpha value is -4.86. The van der Waals surface area contributed by atoms with Crippen molar-refractivity contribution in [1.82, 2.24) is 19.3 Å². The number of nitrogen functional groups attached to an aromatic ring is 1. The summed E-state index contributed by atoms with van der Waals surface area (Å²) in [5, 5.41) is 7.92. The number of carbonyl (C=O) groups is 1. The molecule has 1 aliphatic carbocycles. The number of aryl methyl sites for hydroxylation is 1. The van der Waals surface area contributed by atoms with Crippen LogP contribution in [0.2, 0.25) is 0 Å². The third-order valence-corrected chi connectivity index (χ3v) is 8.00. The van der Waals surface area contributed by atoms with Crippen molar-refractivity contribution in [3.05, 3.63) is 90.8 Å². The van der Waals surface area contributed by atoms with Crippen LogP contribution in [-0.4, -0.2) is 32.0 Å². The highest BCUT2D eigenvalue weighted by atomic mass is 19.1. The van der Waals surface area contributed by atoms with Crippen molar-refractivity contribution in [2.45, 2.75) is 57.7 Å². The number of benzene rings is 3. The minimum absolute atomic E-state index is 0.336. The van der Waals surface area contributed by atoms with E-state index < -0.39 is 12.2 Å². The van der Waals surface area contributed by atoms with E-state index in [-0.39, 0.29) is 5.82 Å². The van der Waals surface area contributed by atoms with Crippen LogP contribution in [0.25, 0.3) is 22.2 Å². The first-order chi connectivity index (χ1) is 21.0. The predicted molar refractivity (Wildman–Crippen MR) is 164 cm³/mol. The number of rotatable bonds is 11. The fourth-order valence-corrected chi connectivity index (χ4v) is 5.46. The van der Waals surface area contributed by atoms with E-state index in [0.717, 1.165) is 65.8 Å². The molecule has 2 aromatic heterocycles. The quantitative estimate of drug-likeness (QED) is 0.156. The molecule has 9 nitrogen and oxygen atoms in total. The fourth-order valence-electron chi connectivity index (χ4n) is 5.46. The third kappa shape index (κ3) is 6.33. The van der Waals surface area contributed by atoms with Crippen LogP contribution in [0, 0.1) is 5.82 Å². The van der Waals surface area contributed by atoms with Gasteiger partial charge in [-0.1, -0.05) is 24.3 Å². The average Bonchev–Trinajstić information content (AvgIpc) is 3.59. The number of nitrogens with two attached hydrogens (primary N) is 1. The Kier molecular flexibility index (Phi) is 8.26. The molecule has 43 heavy (non-hydrogen) atoms. The number of carbonyl (C=O) groups excluding carboxylic acids is 1. The Morgan fingerprint density at radius 2 is 1.88 bits per heavy atom. The zero-order chi connectivity index (χ0) is 29.8. The van der Waals surface area contributed by atoms with Crippen LogP contribution in [0.1, 0.15) is 56.7 Å². The minimum Gasteiger partial charge on any atom is -0.494 e. The number of nitrogens with zero attached hydrogens (tertiary/aromatic N) is 4. The van der Waals surface area contributed by atoms with E-state index in [1.807, 2.05) is 41.1 Å². The molecule has 1 atom stereocenters. The molecular weight excluding hydrogens is 547 g/mol. The maximum atomic E-state index is 13.2. The van der Waals surface area contributed by atoms with Gasteiger partial charge in [-0.15, -0.1) is 0 Å². The standard InChI is InChI=1S/C33H35FN6O3/c1-22(23-7-11-25(34)12-8-23)43-33(41)38-26-13-9-24(10-14-26)32-31(35)29-16-15-28(19-30(29)40(32)27-5-4-6-27)42-18-3-2-17-39-21-36-20-37-39/h7-16,19-22,27H,2-6,17-18,35H2,1H3,(H,38,41)/t22-/m1/s1. The number of aromatic nitrogens is 4. The predicted octanol–water partition coefficient (Wildman–Crippen LogP) is 7.52. The highest BCUT2D eigenvalue weighted by Crippen LogP contribution is 2.45. The lowest BCUT2D eigenvalue weighted by molar-refractivity contribution is 0.121. The molecule has 0 unspecified atom stereocenters. The second kappa shape index (κ2) is 12.6.